The first-order valence-electron chi connectivity index (χ1n) is 9.70. The molecule has 0 saturated heterocycles. The maximum atomic E-state index is 13.3. The van der Waals surface area contributed by atoms with Gasteiger partial charge in [-0.15, -0.1) is 10.5 Å². The van der Waals surface area contributed by atoms with Crippen molar-refractivity contribution in [3.8, 4) is 5.75 Å². The molecule has 2 aromatic carbocycles. The fourth-order valence-electron chi connectivity index (χ4n) is 3.91. The molecule has 2 aromatic rings. The zero-order valence-corrected chi connectivity index (χ0v) is 18.1. The van der Waals surface area contributed by atoms with E-state index in [1.54, 1.807) is 30.4 Å². The highest BCUT2D eigenvalue weighted by Crippen LogP contribution is 2.48. The molecule has 0 fully saturated rings. The Bertz CT molecular complexity index is 1220. The van der Waals surface area contributed by atoms with E-state index in [9.17, 15) is 19.5 Å². The Balaban J connectivity index is 2.11. The summed E-state index contributed by atoms with van der Waals surface area (Å²) in [6, 6.07) is 9.09. The molecule has 0 saturated carbocycles. The molecule has 4 rings (SSSR count). The van der Waals surface area contributed by atoms with Crippen LogP contribution in [0.2, 0.25) is 0 Å². The monoisotopic (exact) mass is 418 g/mol. The van der Waals surface area contributed by atoms with Gasteiger partial charge in [-0.1, -0.05) is 18.2 Å². The summed E-state index contributed by atoms with van der Waals surface area (Å²) in [5.74, 6) is -0.349. The van der Waals surface area contributed by atoms with Crippen LogP contribution in [-0.4, -0.2) is 27.3 Å². The van der Waals surface area contributed by atoms with Crippen LogP contribution in [0.25, 0.3) is 0 Å². The summed E-state index contributed by atoms with van der Waals surface area (Å²) in [6.45, 7) is 6.71. The first-order valence-corrected chi connectivity index (χ1v) is 10.9. The van der Waals surface area contributed by atoms with E-state index >= 15 is 0 Å². The van der Waals surface area contributed by atoms with Crippen molar-refractivity contribution < 1.29 is 19.5 Å². The largest absolute Gasteiger partial charge is 0.507 e. The van der Waals surface area contributed by atoms with E-state index in [1.165, 1.54) is 13.8 Å². The molecule has 0 aromatic heterocycles. The zero-order chi connectivity index (χ0) is 21.7. The van der Waals surface area contributed by atoms with Gasteiger partial charge < -0.3 is 5.11 Å². The Morgan fingerprint density at radius 3 is 2.27 bits per heavy atom. The Morgan fingerprint density at radius 2 is 1.67 bits per heavy atom. The van der Waals surface area contributed by atoms with Crippen LogP contribution < -0.4 is 0 Å². The van der Waals surface area contributed by atoms with Crippen LogP contribution in [0.1, 0.15) is 45.7 Å². The highest BCUT2D eigenvalue weighted by Gasteiger charge is 2.34. The second-order valence-corrected chi connectivity index (χ2v) is 9.73. The van der Waals surface area contributed by atoms with Crippen molar-refractivity contribution >= 4 is 32.7 Å². The minimum atomic E-state index is -0.660. The number of carbonyl (C=O) groups excluding carboxylic acids is 3. The maximum absolute atomic E-state index is 13.3. The number of aromatic hydroxyl groups is 1. The second-order valence-electron chi connectivity index (χ2n) is 7.74. The SMILES string of the molecule is CC(=O)C1=CC2=S(c3cc(C)c(O)c(C)c3)c3cc(C(C)=O)ccc3C(=O)C2C=C1. The van der Waals surface area contributed by atoms with Crippen LogP contribution >= 0.6 is 10.5 Å². The fraction of sp³-hybridized carbons (Fsp3) is 0.200. The number of phenolic OH excluding ortho intramolecular Hbond substituents is 1. The van der Waals surface area contributed by atoms with Gasteiger partial charge >= 0.3 is 0 Å². The molecule has 0 spiro atoms. The van der Waals surface area contributed by atoms with E-state index < -0.39 is 16.4 Å². The first kappa shape index (κ1) is 20.2. The van der Waals surface area contributed by atoms with Crippen molar-refractivity contribution in [3.05, 3.63) is 76.4 Å². The average molecular weight is 419 g/mol. The third-order valence-corrected chi connectivity index (χ3v) is 7.90. The molecule has 1 heterocycles. The number of hydrogen-bond acceptors (Lipinski definition) is 4. The van der Waals surface area contributed by atoms with Gasteiger partial charge in [0.1, 0.15) is 5.75 Å². The number of carbonyl (C=O) groups is 3. The van der Waals surface area contributed by atoms with Crippen molar-refractivity contribution in [2.75, 3.05) is 0 Å². The molecule has 30 heavy (non-hydrogen) atoms. The summed E-state index contributed by atoms with van der Waals surface area (Å²) in [5, 5.41) is 10.3. The lowest BCUT2D eigenvalue weighted by atomic mass is 9.88. The standard InChI is InChI=1S/C25H22O4S/c1-13-9-19(10-14(2)24(13)28)30-22-11-17(15(3)26)5-7-20(22)25(29)21-8-6-18(16(4)27)12-23(21)30/h5-12,20,28H,1-4H3. The van der Waals surface area contributed by atoms with E-state index in [1.807, 2.05) is 32.1 Å². The van der Waals surface area contributed by atoms with Crippen LogP contribution in [0.3, 0.4) is 0 Å². The van der Waals surface area contributed by atoms with Gasteiger partial charge in [0.15, 0.2) is 17.3 Å². The first-order chi connectivity index (χ1) is 14.2. The number of hydrogen-bond donors (Lipinski definition) is 1. The topological polar surface area (TPSA) is 71.4 Å². The minimum absolute atomic E-state index is 0.0267. The average Bonchev–Trinajstić information content (AvgIpc) is 2.71. The summed E-state index contributed by atoms with van der Waals surface area (Å²) in [6.07, 6.45) is 5.35. The van der Waals surface area contributed by atoms with Crippen LogP contribution in [-0.2, 0) is 4.79 Å². The molecule has 2 atom stereocenters. The van der Waals surface area contributed by atoms with Crippen molar-refractivity contribution in [1.82, 2.24) is 0 Å². The molecule has 0 bridgehead atoms. The molecule has 2 unspecified atom stereocenters. The van der Waals surface area contributed by atoms with Crippen LogP contribution in [0.4, 0.5) is 0 Å². The molecule has 0 amide bonds. The number of ketones is 3. The number of Topliss-reactive ketones (excluding diaryl/α,β-unsaturated/α-hetero) is 3. The zero-order valence-electron chi connectivity index (χ0n) is 17.3. The van der Waals surface area contributed by atoms with E-state index in [0.29, 0.717) is 16.7 Å². The van der Waals surface area contributed by atoms with Crippen molar-refractivity contribution in [2.24, 2.45) is 5.92 Å². The van der Waals surface area contributed by atoms with Crippen LogP contribution in [0.15, 0.2) is 63.9 Å². The molecule has 4 nitrogen and oxygen atoms in total. The Morgan fingerprint density at radius 1 is 1.00 bits per heavy atom. The van der Waals surface area contributed by atoms with E-state index in [-0.39, 0.29) is 23.1 Å². The summed E-state index contributed by atoms with van der Waals surface area (Å²) >= 11 is 0. The molecule has 2 aliphatic rings. The van der Waals surface area contributed by atoms with Gasteiger partial charge in [0.05, 0.1) is 5.92 Å². The summed E-state index contributed by atoms with van der Waals surface area (Å²) in [5.41, 5.74) is 3.21. The number of rotatable bonds is 3. The van der Waals surface area contributed by atoms with Crippen molar-refractivity contribution in [2.45, 2.75) is 37.5 Å². The third-order valence-electron chi connectivity index (χ3n) is 5.57. The normalized spacial score (nSPS) is 19.8. The Kier molecular flexibility index (Phi) is 4.94. The molecule has 1 aliphatic carbocycles. The molecule has 0 radical (unpaired) electrons. The molecule has 1 N–H and O–H groups in total. The van der Waals surface area contributed by atoms with Gasteiger partial charge in [0.2, 0.25) is 0 Å². The Hall–Kier alpha value is -3.05. The quantitative estimate of drug-likeness (QED) is 0.564. The molecule has 5 heteroatoms. The Labute approximate surface area is 177 Å². The van der Waals surface area contributed by atoms with E-state index in [0.717, 1.165) is 25.8 Å². The maximum Gasteiger partial charge on any atom is 0.175 e. The van der Waals surface area contributed by atoms with Gasteiger partial charge in [0.25, 0.3) is 0 Å². The smallest absolute Gasteiger partial charge is 0.175 e. The van der Waals surface area contributed by atoms with Crippen molar-refractivity contribution in [3.63, 3.8) is 0 Å². The van der Waals surface area contributed by atoms with Gasteiger partial charge in [-0.25, -0.2) is 0 Å². The molecular formula is C25H22O4S. The number of benzene rings is 2. The third kappa shape index (κ3) is 3.19. The van der Waals surface area contributed by atoms with Crippen LogP contribution in [0, 0.1) is 19.8 Å². The van der Waals surface area contributed by atoms with E-state index in [4.69, 9.17) is 0 Å². The molecule has 1 aliphatic heterocycles. The highest BCUT2D eigenvalue weighted by atomic mass is 32.2. The minimum Gasteiger partial charge on any atom is -0.507 e. The van der Waals surface area contributed by atoms with Crippen LogP contribution in [0.5, 0.6) is 5.75 Å². The number of allylic oxidation sites excluding steroid dienone is 4. The summed E-state index contributed by atoms with van der Waals surface area (Å²) in [7, 11) is -0.660. The van der Waals surface area contributed by atoms with Gasteiger partial charge in [-0.3, -0.25) is 14.4 Å². The predicted octanol–water partition coefficient (Wildman–Crippen LogP) is 4.97. The lowest BCUT2D eigenvalue weighted by molar-refractivity contribution is -0.113. The lowest BCUT2D eigenvalue weighted by Gasteiger charge is -2.30. The van der Waals surface area contributed by atoms with Crippen molar-refractivity contribution in [1.29, 1.82) is 0 Å². The number of phenols is 1. The van der Waals surface area contributed by atoms with Gasteiger partial charge in [-0.05, 0) is 74.0 Å². The predicted molar refractivity (Wildman–Crippen MR) is 119 cm³/mol. The van der Waals surface area contributed by atoms with Gasteiger partial charge in [0, 0.05) is 26.5 Å². The number of aryl methyl sites for hydroxylation is 2. The number of fused-ring (bicyclic) bond motifs is 2. The lowest BCUT2D eigenvalue weighted by Crippen LogP contribution is -2.28. The fourth-order valence-corrected chi connectivity index (χ4v) is 6.60. The van der Waals surface area contributed by atoms with Gasteiger partial charge in [-0.2, -0.15) is 0 Å². The summed E-state index contributed by atoms with van der Waals surface area (Å²) < 4.78 is 0. The second kappa shape index (κ2) is 7.33. The van der Waals surface area contributed by atoms with E-state index in [2.05, 4.69) is 0 Å². The molecular weight excluding hydrogens is 396 g/mol. The molecule has 152 valence electrons. The summed E-state index contributed by atoms with van der Waals surface area (Å²) in [4.78, 5) is 40.0. The highest BCUT2D eigenvalue weighted by molar-refractivity contribution is 8.16.